The fraction of sp³-hybridized carbons (Fsp3) is 0.0385. The lowest BCUT2D eigenvalue weighted by Crippen LogP contribution is -2.25. The number of carbonyl (C=O) groups is 1. The second-order valence-electron chi connectivity index (χ2n) is 7.45. The Hall–Kier alpha value is -4.52. The maximum absolute atomic E-state index is 13.1. The van der Waals surface area contributed by atoms with E-state index < -0.39 is 0 Å². The molecule has 0 saturated heterocycles. The molecule has 7 heteroatoms. The summed E-state index contributed by atoms with van der Waals surface area (Å²) in [6.45, 7) is -0.0162. The Labute approximate surface area is 187 Å². The molecule has 0 aliphatic heterocycles. The lowest BCUT2D eigenvalue weighted by atomic mass is 10.1. The topological polar surface area (TPSA) is 76.6 Å². The third kappa shape index (κ3) is 4.04. The van der Waals surface area contributed by atoms with E-state index in [1.807, 2.05) is 24.3 Å². The van der Waals surface area contributed by atoms with E-state index in [1.54, 1.807) is 53.1 Å². The van der Waals surface area contributed by atoms with Crippen molar-refractivity contribution in [2.24, 2.45) is 5.10 Å². The van der Waals surface area contributed by atoms with Gasteiger partial charge in [0.1, 0.15) is 23.9 Å². The van der Waals surface area contributed by atoms with E-state index in [2.05, 4.69) is 10.5 Å². The molecule has 3 aromatic carbocycles. The van der Waals surface area contributed by atoms with Crippen LogP contribution in [0.15, 0.2) is 99.2 Å². The first-order valence-electron chi connectivity index (χ1n) is 10.3. The number of rotatable bonds is 5. The van der Waals surface area contributed by atoms with Gasteiger partial charge in [0.25, 0.3) is 5.91 Å². The van der Waals surface area contributed by atoms with Gasteiger partial charge in [0.2, 0.25) is 0 Å². The highest BCUT2D eigenvalue weighted by Crippen LogP contribution is 2.22. The van der Waals surface area contributed by atoms with Crippen LogP contribution in [-0.4, -0.2) is 16.7 Å². The SMILES string of the molecule is O=C(Cn1c2ccccc2c(=O)c2ccccc21)N/N=C/c1ccc(-c2ccc(F)cc2)o1. The van der Waals surface area contributed by atoms with Gasteiger partial charge < -0.3 is 8.98 Å². The number of nitrogens with zero attached hydrogens (tertiary/aromatic N) is 2. The largest absolute Gasteiger partial charge is 0.455 e. The maximum atomic E-state index is 13.1. The van der Waals surface area contributed by atoms with Crippen molar-refractivity contribution < 1.29 is 13.6 Å². The first-order valence-corrected chi connectivity index (χ1v) is 10.3. The Balaban J connectivity index is 1.36. The molecule has 0 radical (unpaired) electrons. The molecule has 0 atom stereocenters. The summed E-state index contributed by atoms with van der Waals surface area (Å²) in [5, 5.41) is 5.09. The number of fused-ring (bicyclic) bond motifs is 2. The smallest absolute Gasteiger partial charge is 0.260 e. The highest BCUT2D eigenvalue weighted by molar-refractivity contribution is 5.95. The van der Waals surface area contributed by atoms with Crippen molar-refractivity contribution in [1.29, 1.82) is 0 Å². The van der Waals surface area contributed by atoms with Gasteiger partial charge in [-0.3, -0.25) is 9.59 Å². The number of aromatic nitrogens is 1. The van der Waals surface area contributed by atoms with E-state index in [1.165, 1.54) is 18.3 Å². The molecular formula is C26H18FN3O3. The summed E-state index contributed by atoms with van der Waals surface area (Å²) in [4.78, 5) is 25.5. The molecule has 6 nitrogen and oxygen atoms in total. The van der Waals surface area contributed by atoms with Gasteiger partial charge in [-0.15, -0.1) is 0 Å². The number of nitrogens with one attached hydrogen (secondary N) is 1. The van der Waals surface area contributed by atoms with Gasteiger partial charge >= 0.3 is 0 Å². The second kappa shape index (κ2) is 8.55. The van der Waals surface area contributed by atoms with Crippen LogP contribution in [0.3, 0.4) is 0 Å². The number of pyridine rings is 1. The third-order valence-corrected chi connectivity index (χ3v) is 5.32. The van der Waals surface area contributed by atoms with Gasteiger partial charge in [-0.25, -0.2) is 9.82 Å². The van der Waals surface area contributed by atoms with E-state index in [0.717, 1.165) is 5.56 Å². The molecule has 0 unspecified atom stereocenters. The summed E-state index contributed by atoms with van der Waals surface area (Å²) in [5.74, 6) is 0.330. The highest BCUT2D eigenvalue weighted by atomic mass is 19.1. The van der Waals surface area contributed by atoms with Crippen LogP contribution in [0.4, 0.5) is 4.39 Å². The molecule has 0 saturated carbocycles. The Morgan fingerprint density at radius 1 is 0.909 bits per heavy atom. The van der Waals surface area contributed by atoms with Crippen molar-refractivity contribution in [2.75, 3.05) is 0 Å². The number of carbonyl (C=O) groups excluding carboxylic acids is 1. The molecule has 0 aliphatic carbocycles. The molecule has 1 amide bonds. The van der Waals surface area contributed by atoms with Crippen molar-refractivity contribution in [2.45, 2.75) is 6.54 Å². The summed E-state index contributed by atoms with van der Waals surface area (Å²) >= 11 is 0. The number of hydrogen-bond donors (Lipinski definition) is 1. The van der Waals surface area contributed by atoms with E-state index in [-0.39, 0.29) is 23.7 Å². The van der Waals surface area contributed by atoms with Crippen LogP contribution in [0.2, 0.25) is 0 Å². The molecule has 0 aliphatic rings. The van der Waals surface area contributed by atoms with Crippen LogP contribution in [-0.2, 0) is 11.3 Å². The van der Waals surface area contributed by atoms with Crippen molar-refractivity contribution >= 4 is 33.9 Å². The molecular weight excluding hydrogens is 421 g/mol. The number of benzene rings is 3. The monoisotopic (exact) mass is 439 g/mol. The minimum Gasteiger partial charge on any atom is -0.455 e. The van der Waals surface area contributed by atoms with Crippen LogP contribution >= 0.6 is 0 Å². The summed E-state index contributed by atoms with van der Waals surface area (Å²) in [6, 6.07) is 23.8. The first kappa shape index (κ1) is 20.4. The van der Waals surface area contributed by atoms with E-state index in [9.17, 15) is 14.0 Å². The van der Waals surface area contributed by atoms with E-state index in [0.29, 0.717) is 33.3 Å². The minimum atomic E-state index is -0.351. The van der Waals surface area contributed by atoms with Crippen molar-refractivity contribution in [3.05, 3.63) is 107 Å². The van der Waals surface area contributed by atoms with Gasteiger partial charge in [-0.1, -0.05) is 24.3 Å². The highest BCUT2D eigenvalue weighted by Gasteiger charge is 2.12. The zero-order chi connectivity index (χ0) is 22.8. The number of hydrogen-bond acceptors (Lipinski definition) is 4. The first-order chi connectivity index (χ1) is 16.1. The van der Waals surface area contributed by atoms with Crippen molar-refractivity contribution in [3.63, 3.8) is 0 Å². The quantitative estimate of drug-likeness (QED) is 0.245. The Morgan fingerprint density at radius 2 is 1.55 bits per heavy atom. The Bertz CT molecular complexity index is 1510. The van der Waals surface area contributed by atoms with Crippen LogP contribution < -0.4 is 10.9 Å². The molecule has 2 aromatic heterocycles. The molecule has 1 N–H and O–H groups in total. The van der Waals surface area contributed by atoms with Gasteiger partial charge in [0.15, 0.2) is 5.43 Å². The molecule has 0 bridgehead atoms. The molecule has 5 rings (SSSR count). The second-order valence-corrected chi connectivity index (χ2v) is 7.45. The number of para-hydroxylation sites is 2. The van der Waals surface area contributed by atoms with Crippen LogP contribution in [0, 0.1) is 5.82 Å². The summed E-state index contributed by atoms with van der Waals surface area (Å²) in [5.41, 5.74) is 4.52. The molecule has 0 fully saturated rings. The molecule has 33 heavy (non-hydrogen) atoms. The number of halogens is 1. The predicted molar refractivity (Wildman–Crippen MR) is 126 cm³/mol. The average Bonchev–Trinajstić information content (AvgIpc) is 3.31. The normalized spacial score (nSPS) is 11.4. The molecule has 2 heterocycles. The van der Waals surface area contributed by atoms with Crippen LogP contribution in [0.25, 0.3) is 33.1 Å². The zero-order valence-electron chi connectivity index (χ0n) is 17.4. The molecule has 5 aromatic rings. The van der Waals surface area contributed by atoms with Crippen molar-refractivity contribution in [1.82, 2.24) is 9.99 Å². The van der Waals surface area contributed by atoms with Crippen LogP contribution in [0.5, 0.6) is 0 Å². The van der Waals surface area contributed by atoms with E-state index >= 15 is 0 Å². The number of amides is 1. The minimum absolute atomic E-state index is 0.0162. The number of hydrazone groups is 1. The third-order valence-electron chi connectivity index (χ3n) is 5.32. The summed E-state index contributed by atoms with van der Waals surface area (Å²) < 4.78 is 20.6. The number of furan rings is 1. The predicted octanol–water partition coefficient (Wildman–Crippen LogP) is 4.70. The van der Waals surface area contributed by atoms with Gasteiger partial charge in [-0.05, 0) is 60.7 Å². The van der Waals surface area contributed by atoms with Gasteiger partial charge in [-0.2, -0.15) is 5.10 Å². The molecule has 162 valence electrons. The standard InChI is InChI=1S/C26H18FN3O3/c27-18-11-9-17(10-12-18)24-14-13-19(33-24)15-28-29-25(31)16-30-22-7-3-1-5-20(22)26(32)21-6-2-4-8-23(21)30/h1-15H,16H2,(H,29,31)/b28-15+. The van der Waals surface area contributed by atoms with Crippen molar-refractivity contribution in [3.8, 4) is 11.3 Å². The van der Waals surface area contributed by atoms with Crippen LogP contribution in [0.1, 0.15) is 5.76 Å². The van der Waals surface area contributed by atoms with Gasteiger partial charge in [0, 0.05) is 16.3 Å². The maximum Gasteiger partial charge on any atom is 0.260 e. The summed E-state index contributed by atoms with van der Waals surface area (Å²) in [7, 11) is 0. The zero-order valence-corrected chi connectivity index (χ0v) is 17.4. The average molecular weight is 439 g/mol. The fourth-order valence-corrected chi connectivity index (χ4v) is 3.79. The Kier molecular flexibility index (Phi) is 5.28. The van der Waals surface area contributed by atoms with Gasteiger partial charge in [0.05, 0.1) is 17.2 Å². The van der Waals surface area contributed by atoms with E-state index in [4.69, 9.17) is 4.42 Å². The lowest BCUT2D eigenvalue weighted by molar-refractivity contribution is -0.121. The summed E-state index contributed by atoms with van der Waals surface area (Å²) in [6.07, 6.45) is 1.40. The molecule has 0 spiro atoms. The lowest BCUT2D eigenvalue weighted by Gasteiger charge is -2.14. The Morgan fingerprint density at radius 3 is 2.21 bits per heavy atom. The fourth-order valence-electron chi connectivity index (χ4n) is 3.79.